The molecule has 0 radical (unpaired) electrons. The highest BCUT2D eigenvalue weighted by molar-refractivity contribution is 7.80. The molecular weight excluding hydrogens is 270 g/mol. The van der Waals surface area contributed by atoms with Gasteiger partial charge in [-0.25, -0.2) is 0 Å². The molecular formula is C15H15N3OS. The number of benzene rings is 2. The molecule has 5 heteroatoms. The Balaban J connectivity index is 1.91. The van der Waals surface area contributed by atoms with Gasteiger partial charge in [0.2, 0.25) is 0 Å². The average Bonchev–Trinajstić information content (AvgIpc) is 2.49. The zero-order chi connectivity index (χ0) is 14.2. The molecule has 0 aliphatic heterocycles. The standard InChI is InChI=1S/C15H15N3OS/c1-19-14-10-6-5-7-12(14)11-16-18-15(20)17-13-8-3-2-4-9-13/h2-11H,1H3,(H2,17,18,20)/b16-11+. The van der Waals surface area contributed by atoms with Gasteiger partial charge in [-0.2, -0.15) is 5.10 Å². The molecule has 0 saturated carbocycles. The van der Waals surface area contributed by atoms with Crippen LogP contribution in [-0.4, -0.2) is 18.4 Å². The van der Waals surface area contributed by atoms with Crippen LogP contribution in [0.4, 0.5) is 5.69 Å². The molecule has 0 atom stereocenters. The molecule has 0 unspecified atom stereocenters. The summed E-state index contributed by atoms with van der Waals surface area (Å²) in [7, 11) is 1.63. The third kappa shape index (κ3) is 4.07. The highest BCUT2D eigenvalue weighted by atomic mass is 32.1. The third-order valence-electron chi connectivity index (χ3n) is 2.54. The monoisotopic (exact) mass is 285 g/mol. The summed E-state index contributed by atoms with van der Waals surface area (Å²) < 4.78 is 5.23. The van der Waals surface area contributed by atoms with Gasteiger partial charge >= 0.3 is 0 Å². The minimum atomic E-state index is 0.433. The number of para-hydroxylation sites is 2. The fraction of sp³-hybridized carbons (Fsp3) is 0.0667. The molecule has 0 fully saturated rings. The number of thiocarbonyl (C=S) groups is 1. The topological polar surface area (TPSA) is 45.6 Å². The predicted molar refractivity (Wildman–Crippen MR) is 86.4 cm³/mol. The largest absolute Gasteiger partial charge is 0.496 e. The van der Waals surface area contributed by atoms with E-state index in [4.69, 9.17) is 17.0 Å². The number of rotatable bonds is 4. The van der Waals surface area contributed by atoms with E-state index in [9.17, 15) is 0 Å². The van der Waals surface area contributed by atoms with Gasteiger partial charge in [-0.05, 0) is 36.5 Å². The second kappa shape index (κ2) is 7.25. The summed E-state index contributed by atoms with van der Waals surface area (Å²) in [5.74, 6) is 0.764. The molecule has 2 aromatic rings. The predicted octanol–water partition coefficient (Wildman–Crippen LogP) is 3.02. The van der Waals surface area contributed by atoms with E-state index in [0.29, 0.717) is 5.11 Å². The Labute approximate surface area is 123 Å². The van der Waals surface area contributed by atoms with Crippen LogP contribution in [0.2, 0.25) is 0 Å². The number of nitrogens with zero attached hydrogens (tertiary/aromatic N) is 1. The SMILES string of the molecule is COc1ccccc1/C=N/NC(=S)Nc1ccccc1. The number of hydrazone groups is 1. The Bertz CT molecular complexity index is 599. The molecule has 0 bridgehead atoms. The highest BCUT2D eigenvalue weighted by Crippen LogP contribution is 2.14. The zero-order valence-corrected chi connectivity index (χ0v) is 11.9. The molecule has 0 spiro atoms. The quantitative estimate of drug-likeness (QED) is 0.515. The van der Waals surface area contributed by atoms with E-state index in [1.807, 2.05) is 54.6 Å². The first-order chi connectivity index (χ1) is 9.79. The van der Waals surface area contributed by atoms with Crippen molar-refractivity contribution in [1.82, 2.24) is 5.43 Å². The van der Waals surface area contributed by atoms with Crippen LogP contribution in [-0.2, 0) is 0 Å². The Morgan fingerprint density at radius 1 is 1.10 bits per heavy atom. The number of hydrogen-bond acceptors (Lipinski definition) is 3. The van der Waals surface area contributed by atoms with Crippen molar-refractivity contribution < 1.29 is 4.74 Å². The van der Waals surface area contributed by atoms with Crippen LogP contribution in [0.3, 0.4) is 0 Å². The maximum absolute atomic E-state index is 5.23. The number of anilines is 1. The summed E-state index contributed by atoms with van der Waals surface area (Å²) in [6, 6.07) is 17.3. The summed E-state index contributed by atoms with van der Waals surface area (Å²) in [4.78, 5) is 0. The van der Waals surface area contributed by atoms with Gasteiger partial charge in [0.05, 0.1) is 13.3 Å². The van der Waals surface area contributed by atoms with Gasteiger partial charge < -0.3 is 10.1 Å². The second-order valence-electron chi connectivity index (χ2n) is 3.93. The van der Waals surface area contributed by atoms with Crippen molar-refractivity contribution in [2.45, 2.75) is 0 Å². The highest BCUT2D eigenvalue weighted by Gasteiger charge is 1.98. The second-order valence-corrected chi connectivity index (χ2v) is 4.34. The van der Waals surface area contributed by atoms with E-state index in [0.717, 1.165) is 17.0 Å². The van der Waals surface area contributed by atoms with E-state index in [-0.39, 0.29) is 0 Å². The third-order valence-corrected chi connectivity index (χ3v) is 2.73. The first-order valence-electron chi connectivity index (χ1n) is 6.08. The van der Waals surface area contributed by atoms with Crippen LogP contribution in [0.5, 0.6) is 5.75 Å². The van der Waals surface area contributed by atoms with E-state index in [1.165, 1.54) is 0 Å². The first-order valence-corrected chi connectivity index (χ1v) is 6.48. The van der Waals surface area contributed by atoms with Crippen LogP contribution >= 0.6 is 12.2 Å². The van der Waals surface area contributed by atoms with E-state index >= 15 is 0 Å². The molecule has 0 aliphatic carbocycles. The summed E-state index contributed by atoms with van der Waals surface area (Å²) in [5, 5.41) is 7.55. The Morgan fingerprint density at radius 3 is 2.55 bits per heavy atom. The molecule has 0 aromatic heterocycles. The summed E-state index contributed by atoms with van der Waals surface area (Å²) >= 11 is 5.15. The molecule has 2 N–H and O–H groups in total. The Morgan fingerprint density at radius 2 is 1.80 bits per heavy atom. The average molecular weight is 285 g/mol. The molecule has 4 nitrogen and oxygen atoms in total. The molecule has 0 aliphatic rings. The van der Waals surface area contributed by atoms with Crippen LogP contribution in [0.25, 0.3) is 0 Å². The first kappa shape index (κ1) is 14.0. The van der Waals surface area contributed by atoms with Crippen molar-refractivity contribution in [3.8, 4) is 5.75 Å². The van der Waals surface area contributed by atoms with Crippen molar-refractivity contribution in [2.24, 2.45) is 5.10 Å². The fourth-order valence-corrected chi connectivity index (χ4v) is 1.78. The van der Waals surface area contributed by atoms with Gasteiger partial charge in [0.25, 0.3) is 0 Å². The van der Waals surface area contributed by atoms with Gasteiger partial charge in [0, 0.05) is 11.3 Å². The van der Waals surface area contributed by atoms with Crippen LogP contribution in [0.15, 0.2) is 59.7 Å². The lowest BCUT2D eigenvalue weighted by molar-refractivity contribution is 0.414. The normalized spacial score (nSPS) is 10.2. The lowest BCUT2D eigenvalue weighted by Gasteiger charge is -2.06. The number of nitrogens with one attached hydrogen (secondary N) is 2. The number of hydrogen-bond donors (Lipinski definition) is 2. The van der Waals surface area contributed by atoms with Gasteiger partial charge in [-0.3, -0.25) is 5.43 Å². The molecule has 2 aromatic carbocycles. The van der Waals surface area contributed by atoms with Gasteiger partial charge in [0.15, 0.2) is 5.11 Å². The van der Waals surface area contributed by atoms with Crippen molar-refractivity contribution in [1.29, 1.82) is 0 Å². The van der Waals surface area contributed by atoms with Crippen molar-refractivity contribution in [2.75, 3.05) is 12.4 Å². The van der Waals surface area contributed by atoms with Crippen molar-refractivity contribution in [3.63, 3.8) is 0 Å². The maximum atomic E-state index is 5.23. The van der Waals surface area contributed by atoms with E-state index in [1.54, 1.807) is 13.3 Å². The summed E-state index contributed by atoms with van der Waals surface area (Å²) in [6.07, 6.45) is 1.66. The molecule has 102 valence electrons. The molecule has 0 amide bonds. The van der Waals surface area contributed by atoms with Crippen LogP contribution < -0.4 is 15.5 Å². The summed E-state index contributed by atoms with van der Waals surface area (Å²) in [5.41, 5.74) is 4.56. The Hall–Kier alpha value is -2.40. The maximum Gasteiger partial charge on any atom is 0.191 e. The van der Waals surface area contributed by atoms with Crippen molar-refractivity contribution in [3.05, 3.63) is 60.2 Å². The lowest BCUT2D eigenvalue weighted by atomic mass is 10.2. The number of ether oxygens (including phenoxy) is 1. The Kier molecular flexibility index (Phi) is 5.08. The molecule has 0 saturated heterocycles. The molecule has 2 rings (SSSR count). The van der Waals surface area contributed by atoms with Gasteiger partial charge in [-0.1, -0.05) is 30.3 Å². The minimum Gasteiger partial charge on any atom is -0.496 e. The van der Waals surface area contributed by atoms with Gasteiger partial charge in [0.1, 0.15) is 5.75 Å². The fourth-order valence-electron chi connectivity index (χ4n) is 1.61. The lowest BCUT2D eigenvalue weighted by Crippen LogP contribution is -2.23. The minimum absolute atomic E-state index is 0.433. The summed E-state index contributed by atoms with van der Waals surface area (Å²) in [6.45, 7) is 0. The van der Waals surface area contributed by atoms with Gasteiger partial charge in [-0.15, -0.1) is 0 Å². The zero-order valence-electron chi connectivity index (χ0n) is 11.0. The van der Waals surface area contributed by atoms with Crippen LogP contribution in [0, 0.1) is 0 Å². The number of methoxy groups -OCH3 is 1. The molecule has 20 heavy (non-hydrogen) atoms. The smallest absolute Gasteiger partial charge is 0.191 e. The van der Waals surface area contributed by atoms with Crippen LogP contribution in [0.1, 0.15) is 5.56 Å². The van der Waals surface area contributed by atoms with E-state index < -0.39 is 0 Å². The van der Waals surface area contributed by atoms with Crippen molar-refractivity contribution >= 4 is 29.2 Å². The molecule has 0 heterocycles. The van der Waals surface area contributed by atoms with E-state index in [2.05, 4.69) is 15.8 Å².